The molecule has 1 saturated heterocycles. The lowest BCUT2D eigenvalue weighted by Crippen LogP contribution is -2.39. The minimum absolute atomic E-state index is 0.000945. The molecule has 2 heterocycles. The van der Waals surface area contributed by atoms with Gasteiger partial charge in [-0.3, -0.25) is 9.58 Å². The minimum atomic E-state index is -3.73. The van der Waals surface area contributed by atoms with Crippen LogP contribution in [0.15, 0.2) is 11.1 Å². The third-order valence-corrected chi connectivity index (χ3v) is 8.84. The molecular formula is C22H29ClN6O2S. The summed E-state index contributed by atoms with van der Waals surface area (Å²) in [6, 6.07) is 1.63. The van der Waals surface area contributed by atoms with Crippen LogP contribution < -0.4 is 10.0 Å². The zero-order valence-corrected chi connectivity index (χ0v) is 20.0. The van der Waals surface area contributed by atoms with Crippen LogP contribution in [0.3, 0.4) is 0 Å². The summed E-state index contributed by atoms with van der Waals surface area (Å²) in [5.74, 6) is 0. The number of anilines is 1. The number of hydrogen-bond donors (Lipinski definition) is 3. The Bertz CT molecular complexity index is 1170. The van der Waals surface area contributed by atoms with E-state index in [9.17, 15) is 9.00 Å². The highest BCUT2D eigenvalue weighted by atomic mass is 35.5. The molecule has 2 amide bonds. The highest BCUT2D eigenvalue weighted by molar-refractivity contribution is 7.91. The third-order valence-electron chi connectivity index (χ3n) is 7.06. The molecule has 0 saturated carbocycles. The number of nitrogens with zero attached hydrogens (tertiary/aromatic N) is 3. The molecule has 1 aliphatic heterocycles. The van der Waals surface area contributed by atoms with Crippen LogP contribution in [0, 0.1) is 4.78 Å². The molecule has 10 heteroatoms. The van der Waals surface area contributed by atoms with Crippen molar-refractivity contribution >= 4 is 33.2 Å². The minimum Gasteiger partial charge on any atom is -0.307 e. The number of urea groups is 1. The highest BCUT2D eigenvalue weighted by Crippen LogP contribution is 2.39. The second-order valence-corrected chi connectivity index (χ2v) is 11.1. The number of fused-ring (bicyclic) bond motifs is 2. The molecule has 1 aromatic heterocycles. The van der Waals surface area contributed by atoms with Crippen molar-refractivity contribution in [3.05, 3.63) is 39.0 Å². The Morgan fingerprint density at radius 2 is 1.78 bits per heavy atom. The van der Waals surface area contributed by atoms with E-state index in [1.807, 2.05) is 6.92 Å². The molecule has 0 bridgehead atoms. The molecule has 1 aromatic carbocycles. The smallest absolute Gasteiger partial charge is 0.307 e. The highest BCUT2D eigenvalue weighted by Gasteiger charge is 2.32. The van der Waals surface area contributed by atoms with Crippen molar-refractivity contribution in [2.45, 2.75) is 62.9 Å². The van der Waals surface area contributed by atoms with Gasteiger partial charge in [0.15, 0.2) is 14.9 Å². The first kappa shape index (κ1) is 21.7. The molecule has 3 aliphatic rings. The zero-order valence-electron chi connectivity index (χ0n) is 18.5. The number of hydrogen-bond acceptors (Lipinski definition) is 5. The number of rotatable bonds is 5. The number of halogens is 1. The first-order chi connectivity index (χ1) is 15.3. The molecule has 2 unspecified atom stereocenters. The maximum absolute atomic E-state index is 13.2. The summed E-state index contributed by atoms with van der Waals surface area (Å²) in [4.78, 5) is 15.1. The molecule has 2 aromatic rings. The number of aryl methyl sites for hydroxylation is 3. The van der Waals surface area contributed by atoms with Gasteiger partial charge in [0.05, 0.1) is 11.7 Å². The Labute approximate surface area is 193 Å². The maximum atomic E-state index is 13.2. The van der Waals surface area contributed by atoms with Gasteiger partial charge in [-0.2, -0.15) is 5.10 Å². The standard InChI is InChI=1S/C22H29ClN6O2S/c1-13(29-10-5-11-29)20-18(23)21(26-28(20)2)32(24,31)27-22(30)25-19-16-8-3-6-14(16)12-15-7-4-9-17(15)19/h12-13H,3-11H2,1-2H3,(H3,24,25,27,30,31). The molecule has 2 aliphatic carbocycles. The van der Waals surface area contributed by atoms with Gasteiger partial charge in [-0.1, -0.05) is 17.7 Å². The van der Waals surface area contributed by atoms with Gasteiger partial charge < -0.3 is 5.32 Å². The molecule has 8 nitrogen and oxygen atoms in total. The van der Waals surface area contributed by atoms with Gasteiger partial charge in [0.2, 0.25) is 0 Å². The van der Waals surface area contributed by atoms with Crippen molar-refractivity contribution < 1.29 is 9.00 Å². The predicted molar refractivity (Wildman–Crippen MR) is 125 cm³/mol. The van der Waals surface area contributed by atoms with E-state index >= 15 is 0 Å². The number of aromatic nitrogens is 2. The summed E-state index contributed by atoms with van der Waals surface area (Å²) >= 11 is 6.55. The van der Waals surface area contributed by atoms with Gasteiger partial charge >= 0.3 is 6.03 Å². The fraction of sp³-hybridized carbons (Fsp3) is 0.545. The first-order valence-corrected chi connectivity index (χ1v) is 13.2. The second kappa shape index (κ2) is 8.04. The molecule has 3 N–H and O–H groups in total. The summed E-state index contributed by atoms with van der Waals surface area (Å²) in [6.45, 7) is 3.97. The largest absolute Gasteiger partial charge is 0.332 e. The third kappa shape index (κ3) is 3.60. The fourth-order valence-electron chi connectivity index (χ4n) is 5.31. The average molecular weight is 477 g/mol. The van der Waals surface area contributed by atoms with Crippen molar-refractivity contribution in [1.29, 1.82) is 4.78 Å². The van der Waals surface area contributed by atoms with Crippen LogP contribution in [0.2, 0.25) is 5.02 Å². The normalized spacial score (nSPS) is 20.2. The summed E-state index contributed by atoms with van der Waals surface area (Å²) in [6.07, 6.45) is 7.19. The SMILES string of the molecule is CC(c1c(Cl)c(S(=N)(=O)NC(=O)Nc2c3c(cc4c2CCC4)CCC3)nn1C)N1CCC1. The van der Waals surface area contributed by atoms with E-state index in [0.29, 0.717) is 5.69 Å². The van der Waals surface area contributed by atoms with Gasteiger partial charge in [-0.25, -0.2) is 18.5 Å². The van der Waals surface area contributed by atoms with Crippen molar-refractivity contribution in [3.63, 3.8) is 0 Å². The van der Waals surface area contributed by atoms with Crippen molar-refractivity contribution in [2.75, 3.05) is 18.4 Å². The number of benzene rings is 1. The molecule has 0 spiro atoms. The van der Waals surface area contributed by atoms with Crippen LogP contribution in [-0.4, -0.2) is 38.0 Å². The van der Waals surface area contributed by atoms with Crippen molar-refractivity contribution in [1.82, 2.24) is 19.4 Å². The second-order valence-electron chi connectivity index (χ2n) is 9.04. The molecule has 172 valence electrons. The van der Waals surface area contributed by atoms with E-state index in [1.165, 1.54) is 22.3 Å². The van der Waals surface area contributed by atoms with Crippen LogP contribution in [0.1, 0.15) is 60.2 Å². The van der Waals surface area contributed by atoms with Crippen LogP contribution in [0.4, 0.5) is 10.5 Å². The Kier molecular flexibility index (Phi) is 5.46. The number of likely N-dealkylation sites (tertiary alicyclic amines) is 1. The van der Waals surface area contributed by atoms with E-state index in [1.54, 1.807) is 11.7 Å². The van der Waals surface area contributed by atoms with Crippen molar-refractivity contribution in [3.8, 4) is 0 Å². The Hall–Kier alpha value is -2.10. The maximum Gasteiger partial charge on any atom is 0.332 e. The Morgan fingerprint density at radius 3 is 2.34 bits per heavy atom. The van der Waals surface area contributed by atoms with Gasteiger partial charge in [-0.15, -0.1) is 0 Å². The van der Waals surface area contributed by atoms with Gasteiger partial charge in [0.1, 0.15) is 5.02 Å². The Balaban J connectivity index is 1.39. The van der Waals surface area contributed by atoms with Gasteiger partial charge in [0, 0.05) is 25.8 Å². The predicted octanol–water partition coefficient (Wildman–Crippen LogP) is 3.96. The van der Waals surface area contributed by atoms with Crippen LogP contribution in [0.25, 0.3) is 0 Å². The quantitative estimate of drug-likeness (QED) is 0.607. The summed E-state index contributed by atoms with van der Waals surface area (Å²) < 4.78 is 25.6. The number of carbonyl (C=O) groups is 1. The number of amides is 2. The van der Waals surface area contributed by atoms with Crippen LogP contribution >= 0.6 is 11.6 Å². The molecule has 2 atom stereocenters. The fourth-order valence-corrected chi connectivity index (χ4v) is 6.96. The van der Waals surface area contributed by atoms with E-state index in [4.69, 9.17) is 16.4 Å². The lowest BCUT2D eigenvalue weighted by atomic mass is 9.99. The van der Waals surface area contributed by atoms with E-state index in [2.05, 4.69) is 26.1 Å². The molecule has 1 fully saturated rings. The summed E-state index contributed by atoms with van der Waals surface area (Å²) in [5.41, 5.74) is 6.51. The molecule has 0 radical (unpaired) electrons. The number of carbonyl (C=O) groups excluding carboxylic acids is 1. The van der Waals surface area contributed by atoms with E-state index < -0.39 is 15.9 Å². The molecular weight excluding hydrogens is 448 g/mol. The molecule has 5 rings (SSSR count). The Morgan fingerprint density at radius 1 is 1.16 bits per heavy atom. The summed E-state index contributed by atoms with van der Waals surface area (Å²) in [5, 5.41) is 7.30. The number of nitrogens with one attached hydrogen (secondary N) is 3. The zero-order chi connectivity index (χ0) is 22.6. The van der Waals surface area contributed by atoms with Gasteiger partial charge in [-0.05, 0) is 74.1 Å². The molecule has 32 heavy (non-hydrogen) atoms. The van der Waals surface area contributed by atoms with E-state index in [0.717, 1.165) is 63.7 Å². The lowest BCUT2D eigenvalue weighted by molar-refractivity contribution is 0.123. The summed E-state index contributed by atoms with van der Waals surface area (Å²) in [7, 11) is -2.00. The van der Waals surface area contributed by atoms with Crippen molar-refractivity contribution in [2.24, 2.45) is 7.05 Å². The van der Waals surface area contributed by atoms with Crippen LogP contribution in [0.5, 0.6) is 0 Å². The van der Waals surface area contributed by atoms with E-state index in [-0.39, 0.29) is 16.1 Å². The van der Waals surface area contributed by atoms with Gasteiger partial charge in [0.25, 0.3) is 0 Å². The monoisotopic (exact) mass is 476 g/mol. The van der Waals surface area contributed by atoms with Crippen LogP contribution in [-0.2, 0) is 42.6 Å². The first-order valence-electron chi connectivity index (χ1n) is 11.3. The average Bonchev–Trinajstić information content (AvgIpc) is 3.38. The lowest BCUT2D eigenvalue weighted by Gasteiger charge is -2.36. The topological polar surface area (TPSA) is 103 Å².